The van der Waals surface area contributed by atoms with E-state index in [2.05, 4.69) is 75.5 Å². The highest BCUT2D eigenvalue weighted by molar-refractivity contribution is 5.71. The van der Waals surface area contributed by atoms with Gasteiger partial charge in [0.25, 0.3) is 0 Å². The zero-order valence-corrected chi connectivity index (χ0v) is 42.4. The van der Waals surface area contributed by atoms with E-state index in [1.807, 2.05) is 66.8 Å². The van der Waals surface area contributed by atoms with Crippen LogP contribution in [0.25, 0.3) is 0 Å². The van der Waals surface area contributed by atoms with Crippen LogP contribution < -0.4 is 0 Å². The summed E-state index contributed by atoms with van der Waals surface area (Å²) in [4.78, 5) is 38.0. The largest absolute Gasteiger partial charge is 0.462 e. The third-order valence-electron chi connectivity index (χ3n) is 10.9. The number of carbonyl (C=O) groups excluding carboxylic acids is 3. The number of hydrogen-bond acceptors (Lipinski definition) is 6. The Morgan fingerprint density at radius 1 is 0.333 bits per heavy atom. The van der Waals surface area contributed by atoms with Gasteiger partial charge in [-0.2, -0.15) is 0 Å². The average molecular weight is 913 g/mol. The molecule has 0 aromatic rings. The molecule has 1 atom stereocenters. The number of esters is 3. The Bertz CT molecular complexity index is 1420. The molecule has 0 amide bonds. The van der Waals surface area contributed by atoms with Crippen LogP contribution >= 0.6 is 0 Å². The lowest BCUT2D eigenvalue weighted by Gasteiger charge is -2.18. The van der Waals surface area contributed by atoms with Gasteiger partial charge < -0.3 is 14.2 Å². The van der Waals surface area contributed by atoms with Crippen molar-refractivity contribution in [3.8, 4) is 0 Å². The van der Waals surface area contributed by atoms with Crippen molar-refractivity contribution in [3.63, 3.8) is 0 Å². The van der Waals surface area contributed by atoms with E-state index in [-0.39, 0.29) is 38.0 Å². The summed E-state index contributed by atoms with van der Waals surface area (Å²) in [5, 5.41) is 0. The summed E-state index contributed by atoms with van der Waals surface area (Å²) >= 11 is 0. The van der Waals surface area contributed by atoms with Crippen LogP contribution in [0.4, 0.5) is 0 Å². The lowest BCUT2D eigenvalue weighted by molar-refractivity contribution is -0.166. The number of rotatable bonds is 46. The topological polar surface area (TPSA) is 78.9 Å². The first-order chi connectivity index (χ1) is 32.5. The standard InChI is InChI=1S/C60H96O6/c1-4-7-10-13-16-19-22-25-27-29-30-31-33-35-38-41-44-47-50-53-59(62)65-56-57(55-64-58(61)52-49-46-43-40-37-34-24-21-18-15-12-9-6-3)66-60(63)54-51-48-45-42-39-36-32-28-26-23-20-17-14-11-8-5-2/h8-9,11-12,15,17-18,20-21,24,26,28,34,36-37,39-40,43,45,48,57H,4-7,10,13-14,16,19,22-23,25,27,29-33,35,38,41-42,44,46-47,49-56H2,1-3H3/b11-8-,12-9-,18-15-,20-17-,24-21-,28-26-,37-34-,39-36-,43-40-,48-45-. The summed E-state index contributed by atoms with van der Waals surface area (Å²) in [5.41, 5.74) is 0. The van der Waals surface area contributed by atoms with Gasteiger partial charge in [0, 0.05) is 19.3 Å². The van der Waals surface area contributed by atoms with Crippen molar-refractivity contribution in [2.24, 2.45) is 0 Å². The van der Waals surface area contributed by atoms with Crippen LogP contribution in [0.3, 0.4) is 0 Å². The maximum absolute atomic E-state index is 12.8. The Hall–Kier alpha value is -4.19. The molecule has 0 fully saturated rings. The van der Waals surface area contributed by atoms with Crippen molar-refractivity contribution in [2.45, 2.75) is 226 Å². The summed E-state index contributed by atoms with van der Waals surface area (Å²) in [6.45, 7) is 6.25. The number of hydrogen-bond donors (Lipinski definition) is 0. The quantitative estimate of drug-likeness (QED) is 0.0199. The van der Waals surface area contributed by atoms with Crippen LogP contribution in [-0.2, 0) is 28.6 Å². The van der Waals surface area contributed by atoms with Gasteiger partial charge in [-0.05, 0) is 64.2 Å². The fraction of sp³-hybridized carbons (Fsp3) is 0.617. The molecule has 6 heteroatoms. The van der Waals surface area contributed by atoms with Gasteiger partial charge in [0.1, 0.15) is 13.2 Å². The van der Waals surface area contributed by atoms with Gasteiger partial charge in [-0.25, -0.2) is 0 Å². The van der Waals surface area contributed by atoms with Gasteiger partial charge in [-0.3, -0.25) is 14.4 Å². The Kier molecular flexibility index (Phi) is 50.0. The molecule has 6 nitrogen and oxygen atoms in total. The van der Waals surface area contributed by atoms with E-state index in [9.17, 15) is 14.4 Å². The molecule has 0 spiro atoms. The Labute approximate surface area is 405 Å². The molecule has 372 valence electrons. The van der Waals surface area contributed by atoms with Crippen molar-refractivity contribution in [1.29, 1.82) is 0 Å². The molecule has 0 aliphatic heterocycles. The van der Waals surface area contributed by atoms with Crippen molar-refractivity contribution in [2.75, 3.05) is 13.2 Å². The Balaban J connectivity index is 4.53. The predicted octanol–water partition coefficient (Wildman–Crippen LogP) is 17.7. The van der Waals surface area contributed by atoms with E-state index in [4.69, 9.17) is 14.2 Å². The summed E-state index contributed by atoms with van der Waals surface area (Å²) in [7, 11) is 0. The minimum absolute atomic E-state index is 0.132. The van der Waals surface area contributed by atoms with Gasteiger partial charge >= 0.3 is 17.9 Å². The first-order valence-electron chi connectivity index (χ1n) is 26.6. The van der Waals surface area contributed by atoms with Crippen LogP contribution in [-0.4, -0.2) is 37.2 Å². The smallest absolute Gasteiger partial charge is 0.306 e. The first-order valence-corrected chi connectivity index (χ1v) is 26.6. The predicted molar refractivity (Wildman–Crippen MR) is 283 cm³/mol. The van der Waals surface area contributed by atoms with Crippen LogP contribution in [0.2, 0.25) is 0 Å². The van der Waals surface area contributed by atoms with Crippen molar-refractivity contribution in [3.05, 3.63) is 122 Å². The minimum Gasteiger partial charge on any atom is -0.462 e. The van der Waals surface area contributed by atoms with Crippen molar-refractivity contribution in [1.82, 2.24) is 0 Å². The molecule has 0 rings (SSSR count). The van der Waals surface area contributed by atoms with E-state index in [1.54, 1.807) is 0 Å². The van der Waals surface area contributed by atoms with Crippen LogP contribution in [0, 0.1) is 0 Å². The molecule has 0 saturated heterocycles. The molecular formula is C60H96O6. The van der Waals surface area contributed by atoms with E-state index in [0.29, 0.717) is 19.3 Å². The monoisotopic (exact) mass is 913 g/mol. The third-order valence-corrected chi connectivity index (χ3v) is 10.9. The van der Waals surface area contributed by atoms with Gasteiger partial charge in [-0.1, -0.05) is 258 Å². The maximum atomic E-state index is 12.8. The number of unbranched alkanes of at least 4 members (excludes halogenated alkanes) is 19. The zero-order chi connectivity index (χ0) is 47.9. The molecule has 1 unspecified atom stereocenters. The molecule has 0 heterocycles. The summed E-state index contributed by atoms with van der Waals surface area (Å²) in [6.07, 6.45) is 73.6. The number of allylic oxidation sites excluding steroid dienone is 20. The van der Waals surface area contributed by atoms with Crippen LogP contribution in [0.15, 0.2) is 122 Å². The van der Waals surface area contributed by atoms with Crippen LogP contribution in [0.5, 0.6) is 0 Å². The van der Waals surface area contributed by atoms with Crippen molar-refractivity contribution < 1.29 is 28.6 Å². The molecule has 66 heavy (non-hydrogen) atoms. The fourth-order valence-corrected chi connectivity index (χ4v) is 6.93. The van der Waals surface area contributed by atoms with E-state index in [1.165, 1.54) is 103 Å². The van der Waals surface area contributed by atoms with E-state index in [0.717, 1.165) is 64.2 Å². The second-order valence-corrected chi connectivity index (χ2v) is 17.2. The van der Waals surface area contributed by atoms with Gasteiger partial charge in [0.2, 0.25) is 0 Å². The maximum Gasteiger partial charge on any atom is 0.306 e. The van der Waals surface area contributed by atoms with E-state index < -0.39 is 12.1 Å². The van der Waals surface area contributed by atoms with E-state index >= 15 is 0 Å². The Morgan fingerprint density at radius 2 is 0.697 bits per heavy atom. The normalized spacial score (nSPS) is 13.1. The van der Waals surface area contributed by atoms with Crippen LogP contribution in [0.1, 0.15) is 220 Å². The molecule has 0 saturated carbocycles. The highest BCUT2D eigenvalue weighted by Crippen LogP contribution is 2.15. The molecule has 0 aliphatic rings. The summed E-state index contributed by atoms with van der Waals surface area (Å²) in [6, 6.07) is 0. The molecule has 0 aromatic heterocycles. The molecular weight excluding hydrogens is 817 g/mol. The van der Waals surface area contributed by atoms with Crippen molar-refractivity contribution >= 4 is 17.9 Å². The van der Waals surface area contributed by atoms with Gasteiger partial charge in [-0.15, -0.1) is 0 Å². The second kappa shape index (κ2) is 53.4. The summed E-state index contributed by atoms with van der Waals surface area (Å²) < 4.78 is 16.7. The average Bonchev–Trinajstić information content (AvgIpc) is 3.31. The summed E-state index contributed by atoms with van der Waals surface area (Å²) in [5.74, 6) is -1.10. The number of carbonyl (C=O) groups is 3. The van der Waals surface area contributed by atoms with Gasteiger partial charge in [0.15, 0.2) is 6.10 Å². The zero-order valence-electron chi connectivity index (χ0n) is 42.4. The lowest BCUT2D eigenvalue weighted by Crippen LogP contribution is -2.30. The highest BCUT2D eigenvalue weighted by Gasteiger charge is 2.19. The SMILES string of the molecule is CC\C=C/C=C\C=C/C=C\C=C/CCCC(=O)OCC(COC(=O)CCCCCCCCCCCCCCCCCCCCC)OC(=O)CC/C=C\C/C=C\C/C=C\C/C=C\C/C=C\CC. The lowest BCUT2D eigenvalue weighted by atomic mass is 10.0. The molecule has 0 aliphatic carbocycles. The number of ether oxygens (including phenoxy) is 3. The first kappa shape index (κ1) is 61.8. The second-order valence-electron chi connectivity index (χ2n) is 17.2. The highest BCUT2D eigenvalue weighted by atomic mass is 16.6. The van der Waals surface area contributed by atoms with Gasteiger partial charge in [0.05, 0.1) is 0 Å². The molecule has 0 N–H and O–H groups in total. The molecule has 0 bridgehead atoms. The Morgan fingerprint density at radius 3 is 1.14 bits per heavy atom. The third kappa shape index (κ3) is 50.8. The minimum atomic E-state index is -0.848. The molecule has 0 aromatic carbocycles. The molecule has 0 radical (unpaired) electrons. The fourth-order valence-electron chi connectivity index (χ4n) is 6.93.